The number of aliphatic hydroxyl groups is 1. The van der Waals surface area contributed by atoms with Crippen molar-refractivity contribution in [3.63, 3.8) is 0 Å². The molecule has 0 heterocycles. The summed E-state index contributed by atoms with van der Waals surface area (Å²) in [7, 11) is 0. The minimum atomic E-state index is -1.08. The number of benzene rings is 1. The average molecular weight is 242 g/mol. The third kappa shape index (κ3) is 3.55. The van der Waals surface area contributed by atoms with Crippen LogP contribution in [0.25, 0.3) is 0 Å². The molecule has 0 fully saturated rings. The Kier molecular flexibility index (Phi) is 5.67. The van der Waals surface area contributed by atoms with E-state index in [9.17, 15) is 15.0 Å². The maximum atomic E-state index is 10.6. The van der Waals surface area contributed by atoms with Crippen molar-refractivity contribution in [2.75, 3.05) is 0 Å². The first-order valence-corrected chi connectivity index (χ1v) is 5.64. The van der Waals surface area contributed by atoms with Crippen LogP contribution >= 0.6 is 0 Å². The van der Waals surface area contributed by atoms with Crippen LogP contribution in [0.5, 0.6) is 0 Å². The van der Waals surface area contributed by atoms with E-state index in [1.54, 1.807) is 0 Å². The van der Waals surface area contributed by atoms with Gasteiger partial charge in [0.25, 0.3) is 0 Å². The van der Waals surface area contributed by atoms with Crippen LogP contribution in [0, 0.1) is 5.92 Å². The van der Waals surface area contributed by atoms with Crippen LogP contribution < -0.4 is 34.7 Å². The number of rotatable bonds is 2. The smallest absolute Gasteiger partial charge is 0.550 e. The molecule has 0 aliphatic heterocycles. The van der Waals surface area contributed by atoms with E-state index >= 15 is 0 Å². The Bertz CT molecular complexity index is 392. The van der Waals surface area contributed by atoms with Gasteiger partial charge in [0.05, 0.1) is 6.10 Å². The number of carbonyl (C=O) groups is 1. The number of aliphatic carboxylic acids is 1. The Labute approximate surface area is 123 Å². The van der Waals surface area contributed by atoms with Crippen molar-refractivity contribution in [1.29, 1.82) is 0 Å². The van der Waals surface area contributed by atoms with Gasteiger partial charge in [-0.1, -0.05) is 24.3 Å². The Balaban J connectivity index is 0.00000144. The number of hydrogen-bond acceptors (Lipinski definition) is 3. The summed E-state index contributed by atoms with van der Waals surface area (Å²) in [4.78, 5) is 10.6. The van der Waals surface area contributed by atoms with Gasteiger partial charge in [0.2, 0.25) is 0 Å². The van der Waals surface area contributed by atoms with Crippen LogP contribution in [-0.2, 0) is 11.2 Å². The molecule has 0 bridgehead atoms. The second kappa shape index (κ2) is 6.55. The minimum Gasteiger partial charge on any atom is -0.550 e. The zero-order valence-corrected chi connectivity index (χ0v) is 12.1. The molecule has 3 nitrogen and oxygen atoms in total. The van der Waals surface area contributed by atoms with Gasteiger partial charge in [-0.25, -0.2) is 0 Å². The summed E-state index contributed by atoms with van der Waals surface area (Å²) in [6.07, 6.45) is 1.85. The molecule has 0 unspecified atom stereocenters. The average Bonchev–Trinajstić information content (AvgIpc) is 2.40. The van der Waals surface area contributed by atoms with Gasteiger partial charge in [0.15, 0.2) is 0 Å². The van der Waals surface area contributed by atoms with E-state index in [1.165, 1.54) is 0 Å². The van der Waals surface area contributed by atoms with Gasteiger partial charge in [-0.05, 0) is 42.7 Å². The fraction of sp³-hybridized carbons (Fsp3) is 0.462. The van der Waals surface area contributed by atoms with Crippen LogP contribution in [0.4, 0.5) is 0 Å². The third-order valence-electron chi connectivity index (χ3n) is 3.27. The van der Waals surface area contributed by atoms with E-state index in [4.69, 9.17) is 0 Å². The van der Waals surface area contributed by atoms with Gasteiger partial charge < -0.3 is 15.0 Å². The maximum absolute atomic E-state index is 10.6. The number of aliphatic hydroxyl groups excluding tert-OH is 1. The van der Waals surface area contributed by atoms with Gasteiger partial charge in [0.1, 0.15) is 0 Å². The summed E-state index contributed by atoms with van der Waals surface area (Å²) in [6.45, 7) is 0. The van der Waals surface area contributed by atoms with E-state index in [0.717, 1.165) is 30.4 Å². The van der Waals surface area contributed by atoms with Crippen LogP contribution in [0.3, 0.4) is 0 Å². The largest absolute Gasteiger partial charge is 1.00 e. The van der Waals surface area contributed by atoms with E-state index in [2.05, 4.69) is 0 Å². The number of fused-ring (bicyclic) bond motifs is 1. The molecule has 0 saturated carbocycles. The Morgan fingerprint density at radius 1 is 1.41 bits per heavy atom. The van der Waals surface area contributed by atoms with Crippen molar-refractivity contribution in [3.05, 3.63) is 35.4 Å². The van der Waals surface area contributed by atoms with Crippen LogP contribution in [-0.4, -0.2) is 11.1 Å². The van der Waals surface area contributed by atoms with Gasteiger partial charge in [-0.15, -0.1) is 0 Å². The molecule has 1 aliphatic carbocycles. The zero-order chi connectivity index (χ0) is 11.5. The first-order chi connectivity index (χ1) is 7.68. The Morgan fingerprint density at radius 3 is 2.82 bits per heavy atom. The van der Waals surface area contributed by atoms with Crippen LogP contribution in [0.1, 0.15) is 36.5 Å². The first-order valence-electron chi connectivity index (χ1n) is 5.64. The Morgan fingerprint density at radius 2 is 2.12 bits per heavy atom. The predicted octanol–water partition coefficient (Wildman–Crippen LogP) is -2.18. The summed E-state index contributed by atoms with van der Waals surface area (Å²) < 4.78 is 0. The topological polar surface area (TPSA) is 60.4 Å². The molecule has 1 N–H and O–H groups in total. The fourth-order valence-electron chi connectivity index (χ4n) is 2.44. The zero-order valence-electron chi connectivity index (χ0n) is 10.1. The molecule has 1 aliphatic rings. The number of aryl methyl sites for hydroxylation is 1. The molecule has 0 spiro atoms. The molecule has 4 heteroatoms. The molecular formula is C13H15NaO3. The summed E-state index contributed by atoms with van der Waals surface area (Å²) in [5.41, 5.74) is 2.02. The van der Waals surface area contributed by atoms with Crippen molar-refractivity contribution in [2.24, 2.45) is 5.92 Å². The second-order valence-electron chi connectivity index (χ2n) is 4.37. The van der Waals surface area contributed by atoms with Crippen LogP contribution in [0.15, 0.2) is 24.3 Å². The fourth-order valence-corrected chi connectivity index (χ4v) is 2.44. The first kappa shape index (κ1) is 14.7. The number of carboxylic acid groups (broad SMARTS) is 1. The molecule has 0 aromatic heterocycles. The molecule has 2 rings (SSSR count). The second-order valence-corrected chi connectivity index (χ2v) is 4.37. The van der Waals surface area contributed by atoms with Gasteiger partial charge in [-0.2, -0.15) is 0 Å². The maximum Gasteiger partial charge on any atom is 1.00 e. The normalized spacial score (nSPS) is 23.1. The van der Waals surface area contributed by atoms with Gasteiger partial charge in [-0.3, -0.25) is 0 Å². The van der Waals surface area contributed by atoms with Crippen molar-refractivity contribution in [3.8, 4) is 0 Å². The Hall–Kier alpha value is -0.350. The van der Waals surface area contributed by atoms with Crippen molar-refractivity contribution >= 4 is 5.97 Å². The molecule has 1 aromatic carbocycles. The summed E-state index contributed by atoms with van der Waals surface area (Å²) in [5.74, 6) is -1.29. The number of carboxylic acids is 1. The minimum absolute atomic E-state index is 0. The molecule has 0 saturated heterocycles. The molecular weight excluding hydrogens is 227 g/mol. The monoisotopic (exact) mass is 242 g/mol. The molecule has 86 valence electrons. The van der Waals surface area contributed by atoms with E-state index in [0.29, 0.717) is 0 Å². The molecule has 0 radical (unpaired) electrons. The molecule has 0 amide bonds. The van der Waals surface area contributed by atoms with Crippen molar-refractivity contribution in [2.45, 2.75) is 31.8 Å². The molecule has 1 aromatic rings. The predicted molar refractivity (Wildman–Crippen MR) is 57.5 cm³/mol. The summed E-state index contributed by atoms with van der Waals surface area (Å²) >= 11 is 0. The van der Waals surface area contributed by atoms with E-state index in [1.807, 2.05) is 24.3 Å². The van der Waals surface area contributed by atoms with Crippen LogP contribution in [0.2, 0.25) is 0 Å². The van der Waals surface area contributed by atoms with Crippen molar-refractivity contribution < 1.29 is 44.6 Å². The quantitative estimate of drug-likeness (QED) is 0.474. The summed E-state index contributed by atoms with van der Waals surface area (Å²) in [5, 5.41) is 20.8. The molecule has 17 heavy (non-hydrogen) atoms. The molecule has 2 atom stereocenters. The van der Waals surface area contributed by atoms with E-state index in [-0.39, 0.29) is 41.9 Å². The summed E-state index contributed by atoms with van der Waals surface area (Å²) in [6, 6.07) is 7.71. The standard InChI is InChI=1S/C13H16O3.Na/c14-12(15)8-10-6-3-5-9-4-1-2-7-11(9)13(10)16;/h1-2,4,7,10,13,16H,3,5-6,8H2,(H,14,15);/q;+1/p-1/t10-,13+;/m1./s1. The van der Waals surface area contributed by atoms with Crippen molar-refractivity contribution in [1.82, 2.24) is 0 Å². The third-order valence-corrected chi connectivity index (χ3v) is 3.27. The van der Waals surface area contributed by atoms with Gasteiger partial charge in [0, 0.05) is 5.97 Å². The van der Waals surface area contributed by atoms with Gasteiger partial charge >= 0.3 is 29.6 Å². The SMILES string of the molecule is O=C([O-])C[C@H]1CCCc2ccccc2[C@H]1O.[Na+]. The van der Waals surface area contributed by atoms with E-state index < -0.39 is 12.1 Å². The number of hydrogen-bond donors (Lipinski definition) is 1. The number of carbonyl (C=O) groups excluding carboxylic acids is 1.